The van der Waals surface area contributed by atoms with Crippen LogP contribution in [-0.2, 0) is 22.6 Å². The molecule has 0 unspecified atom stereocenters. The first-order valence-corrected chi connectivity index (χ1v) is 10.1. The summed E-state index contributed by atoms with van der Waals surface area (Å²) in [6.07, 6.45) is 0.162. The molecule has 3 rings (SSSR count). The lowest BCUT2D eigenvalue weighted by atomic mass is 10.0. The maximum Gasteiger partial charge on any atom is 0.245 e. The van der Waals surface area contributed by atoms with Crippen LogP contribution >= 0.6 is 0 Å². The number of hydrogen-bond donors (Lipinski definition) is 3. The van der Waals surface area contributed by atoms with Gasteiger partial charge in [-0.1, -0.05) is 42.5 Å². The molecule has 0 radical (unpaired) electrons. The Morgan fingerprint density at radius 2 is 1.87 bits per heavy atom. The topological polar surface area (TPSA) is 90.9 Å². The van der Waals surface area contributed by atoms with Crippen LogP contribution in [0.5, 0.6) is 5.75 Å². The van der Waals surface area contributed by atoms with Crippen LogP contribution in [0.3, 0.4) is 0 Å². The Balaban J connectivity index is 1.72. The molecule has 1 fully saturated rings. The standard InChI is InChI=1S/C23H29N3O4/c1-26(15-17-6-4-3-5-7-17)23(29)21(12-16-8-10-19(30-2)11-9-16)25-22(28)20-13-18(27)14-24-20/h3-11,18,20-21,24,27H,12-15H2,1-2H3,(H,25,28)/t18-,20+,21+/m1/s1. The fourth-order valence-electron chi connectivity index (χ4n) is 3.59. The molecule has 1 aliphatic heterocycles. The lowest BCUT2D eigenvalue weighted by Crippen LogP contribution is -2.52. The van der Waals surface area contributed by atoms with Gasteiger partial charge in [0.05, 0.1) is 19.3 Å². The summed E-state index contributed by atoms with van der Waals surface area (Å²) < 4.78 is 5.19. The molecule has 1 aliphatic rings. The van der Waals surface area contributed by atoms with Crippen molar-refractivity contribution in [1.82, 2.24) is 15.5 Å². The SMILES string of the molecule is COc1ccc(C[C@H](NC(=O)[C@@H]2C[C@@H](O)CN2)C(=O)N(C)Cc2ccccc2)cc1. The van der Waals surface area contributed by atoms with Crippen molar-refractivity contribution in [3.8, 4) is 5.75 Å². The highest BCUT2D eigenvalue weighted by Crippen LogP contribution is 2.15. The van der Waals surface area contributed by atoms with Crippen molar-refractivity contribution < 1.29 is 19.4 Å². The average molecular weight is 412 g/mol. The molecule has 7 heteroatoms. The summed E-state index contributed by atoms with van der Waals surface area (Å²) >= 11 is 0. The van der Waals surface area contributed by atoms with Crippen LogP contribution in [0, 0.1) is 0 Å². The third-order valence-corrected chi connectivity index (χ3v) is 5.28. The second-order valence-electron chi connectivity index (χ2n) is 7.64. The summed E-state index contributed by atoms with van der Waals surface area (Å²) in [6, 6.07) is 16.0. The minimum absolute atomic E-state index is 0.165. The molecule has 7 nitrogen and oxygen atoms in total. The van der Waals surface area contributed by atoms with E-state index in [1.807, 2.05) is 54.6 Å². The van der Waals surface area contributed by atoms with E-state index in [1.165, 1.54) is 0 Å². The number of nitrogens with zero attached hydrogens (tertiary/aromatic N) is 1. The van der Waals surface area contributed by atoms with Gasteiger partial charge in [-0.3, -0.25) is 9.59 Å². The molecule has 0 saturated carbocycles. The molecule has 2 aromatic rings. The van der Waals surface area contributed by atoms with Crippen LogP contribution < -0.4 is 15.4 Å². The van der Waals surface area contributed by atoms with E-state index in [2.05, 4.69) is 10.6 Å². The van der Waals surface area contributed by atoms with Crippen LogP contribution in [-0.4, -0.2) is 60.7 Å². The summed E-state index contributed by atoms with van der Waals surface area (Å²) in [6.45, 7) is 0.831. The van der Waals surface area contributed by atoms with E-state index in [9.17, 15) is 14.7 Å². The molecule has 0 bridgehead atoms. The van der Waals surface area contributed by atoms with Gasteiger partial charge in [0.2, 0.25) is 11.8 Å². The molecule has 30 heavy (non-hydrogen) atoms. The summed E-state index contributed by atoms with van der Waals surface area (Å²) in [5.41, 5.74) is 1.94. The number of methoxy groups -OCH3 is 1. The number of carbonyl (C=O) groups is 2. The minimum atomic E-state index is -0.709. The van der Waals surface area contributed by atoms with Gasteiger partial charge in [0.15, 0.2) is 0 Å². The average Bonchev–Trinajstić information content (AvgIpc) is 3.20. The number of ether oxygens (including phenoxy) is 1. The number of benzene rings is 2. The van der Waals surface area contributed by atoms with Crippen molar-refractivity contribution in [3.05, 3.63) is 65.7 Å². The van der Waals surface area contributed by atoms with Crippen LogP contribution in [0.15, 0.2) is 54.6 Å². The normalized spacial score (nSPS) is 19.2. The van der Waals surface area contributed by atoms with E-state index in [0.717, 1.165) is 16.9 Å². The molecule has 0 spiro atoms. The Bertz CT molecular complexity index is 841. The number of aliphatic hydroxyl groups excluding tert-OH is 1. The van der Waals surface area contributed by atoms with Crippen LogP contribution in [0.2, 0.25) is 0 Å². The highest BCUT2D eigenvalue weighted by molar-refractivity contribution is 5.90. The Morgan fingerprint density at radius 1 is 1.17 bits per heavy atom. The second kappa shape index (κ2) is 10.2. The number of rotatable bonds is 8. The van der Waals surface area contributed by atoms with E-state index in [0.29, 0.717) is 25.9 Å². The molecule has 3 atom stereocenters. The van der Waals surface area contributed by atoms with Crippen molar-refractivity contribution >= 4 is 11.8 Å². The maximum atomic E-state index is 13.2. The van der Waals surface area contributed by atoms with E-state index >= 15 is 0 Å². The van der Waals surface area contributed by atoms with E-state index in [1.54, 1.807) is 19.1 Å². The van der Waals surface area contributed by atoms with Crippen molar-refractivity contribution in [2.75, 3.05) is 20.7 Å². The van der Waals surface area contributed by atoms with Crippen molar-refractivity contribution in [2.45, 2.75) is 37.6 Å². The molecule has 0 aromatic heterocycles. The number of β-amino-alcohol motifs (C(OH)–C–C–N with tert-alkyl or cyclic N) is 1. The van der Waals surface area contributed by atoms with Gasteiger partial charge in [0.25, 0.3) is 0 Å². The summed E-state index contributed by atoms with van der Waals surface area (Å²) in [5.74, 6) is 0.295. The molecule has 3 N–H and O–H groups in total. The lowest BCUT2D eigenvalue weighted by molar-refractivity contribution is -0.136. The maximum absolute atomic E-state index is 13.2. The van der Waals surface area contributed by atoms with E-state index < -0.39 is 18.2 Å². The predicted octanol–water partition coefficient (Wildman–Crippen LogP) is 1.10. The first-order chi connectivity index (χ1) is 14.5. The highest BCUT2D eigenvalue weighted by Gasteiger charge is 2.32. The van der Waals surface area contributed by atoms with Crippen LogP contribution in [0.25, 0.3) is 0 Å². The lowest BCUT2D eigenvalue weighted by Gasteiger charge is -2.26. The van der Waals surface area contributed by atoms with Gasteiger partial charge >= 0.3 is 0 Å². The van der Waals surface area contributed by atoms with Gasteiger partial charge in [0, 0.05) is 26.6 Å². The third-order valence-electron chi connectivity index (χ3n) is 5.28. The molecule has 1 heterocycles. The molecule has 2 amide bonds. The minimum Gasteiger partial charge on any atom is -0.497 e. The Labute approximate surface area is 177 Å². The van der Waals surface area contributed by atoms with Crippen molar-refractivity contribution in [2.24, 2.45) is 0 Å². The van der Waals surface area contributed by atoms with Crippen LogP contribution in [0.4, 0.5) is 0 Å². The monoisotopic (exact) mass is 411 g/mol. The number of aliphatic hydroxyl groups is 1. The zero-order valence-electron chi connectivity index (χ0n) is 17.4. The fourth-order valence-corrected chi connectivity index (χ4v) is 3.59. The fraction of sp³-hybridized carbons (Fsp3) is 0.391. The van der Waals surface area contributed by atoms with E-state index in [-0.39, 0.29) is 11.8 Å². The Hall–Kier alpha value is -2.90. The number of nitrogens with one attached hydrogen (secondary N) is 2. The first-order valence-electron chi connectivity index (χ1n) is 10.1. The summed E-state index contributed by atoms with van der Waals surface area (Å²) in [5, 5.41) is 15.6. The molecule has 160 valence electrons. The van der Waals surface area contributed by atoms with Gasteiger partial charge in [-0.2, -0.15) is 0 Å². The number of carbonyl (C=O) groups excluding carboxylic acids is 2. The number of hydrogen-bond acceptors (Lipinski definition) is 5. The summed E-state index contributed by atoms with van der Waals surface area (Å²) in [7, 11) is 3.34. The van der Waals surface area contributed by atoms with Gasteiger partial charge in [-0.15, -0.1) is 0 Å². The quantitative estimate of drug-likeness (QED) is 0.605. The van der Waals surface area contributed by atoms with Crippen molar-refractivity contribution in [1.29, 1.82) is 0 Å². The van der Waals surface area contributed by atoms with Gasteiger partial charge in [0.1, 0.15) is 11.8 Å². The smallest absolute Gasteiger partial charge is 0.245 e. The zero-order valence-corrected chi connectivity index (χ0v) is 17.4. The van der Waals surface area contributed by atoms with E-state index in [4.69, 9.17) is 4.74 Å². The number of likely N-dealkylation sites (N-methyl/N-ethyl adjacent to an activating group) is 1. The second-order valence-corrected chi connectivity index (χ2v) is 7.64. The Kier molecular flexibility index (Phi) is 7.43. The van der Waals surface area contributed by atoms with Gasteiger partial charge in [-0.05, 0) is 29.7 Å². The summed E-state index contributed by atoms with van der Waals surface area (Å²) in [4.78, 5) is 27.5. The zero-order chi connectivity index (χ0) is 21.5. The van der Waals surface area contributed by atoms with Gasteiger partial charge < -0.3 is 25.4 Å². The molecule has 1 saturated heterocycles. The molecular formula is C23H29N3O4. The highest BCUT2D eigenvalue weighted by atomic mass is 16.5. The molecule has 2 aromatic carbocycles. The molecule has 0 aliphatic carbocycles. The van der Waals surface area contributed by atoms with Gasteiger partial charge in [-0.25, -0.2) is 0 Å². The van der Waals surface area contributed by atoms with Crippen LogP contribution in [0.1, 0.15) is 17.5 Å². The largest absolute Gasteiger partial charge is 0.497 e. The van der Waals surface area contributed by atoms with Crippen molar-refractivity contribution in [3.63, 3.8) is 0 Å². The first kappa shape index (κ1) is 21.8. The number of amides is 2. The third kappa shape index (κ3) is 5.81. The predicted molar refractivity (Wildman–Crippen MR) is 114 cm³/mol. The Morgan fingerprint density at radius 3 is 2.47 bits per heavy atom. The molecular weight excluding hydrogens is 382 g/mol.